The fourth-order valence-electron chi connectivity index (χ4n) is 1.26. The number of nitrogens with zero attached hydrogens (tertiary/aromatic N) is 1. The van der Waals surface area contributed by atoms with Gasteiger partial charge in [-0.1, -0.05) is 0 Å². The molecule has 0 rings (SSSR count). The molecule has 0 bridgehead atoms. The zero-order valence-electron chi connectivity index (χ0n) is 10.1. The lowest BCUT2D eigenvalue weighted by atomic mass is 9.90. The van der Waals surface area contributed by atoms with Crippen molar-refractivity contribution in [3.05, 3.63) is 0 Å². The monoisotopic (exact) mass is 241 g/mol. The third-order valence-corrected chi connectivity index (χ3v) is 1.99. The van der Waals surface area contributed by atoms with E-state index in [0.29, 0.717) is 0 Å². The molecule has 0 aliphatic rings. The van der Waals surface area contributed by atoms with Gasteiger partial charge in [-0.25, -0.2) is 0 Å². The summed E-state index contributed by atoms with van der Waals surface area (Å²) in [7, 11) is 0. The summed E-state index contributed by atoms with van der Waals surface area (Å²) >= 11 is 0. The largest absolute Gasteiger partial charge is 0.465 e. The molecule has 17 heavy (non-hydrogen) atoms. The van der Waals surface area contributed by atoms with E-state index in [2.05, 4.69) is 9.47 Å². The van der Waals surface area contributed by atoms with Crippen LogP contribution in [0.2, 0.25) is 0 Å². The second kappa shape index (κ2) is 7.39. The van der Waals surface area contributed by atoms with E-state index in [-0.39, 0.29) is 13.2 Å². The first-order valence-electron chi connectivity index (χ1n) is 5.22. The molecule has 0 saturated heterocycles. The van der Waals surface area contributed by atoms with Crippen LogP contribution in [0.25, 0.3) is 0 Å². The number of esters is 2. The SMILES string of the molecule is CCOC(=O)[C@@H](C(C)=O)[C@@H](C#N)C(=O)OCC. The van der Waals surface area contributed by atoms with Crippen molar-refractivity contribution in [3.8, 4) is 6.07 Å². The average molecular weight is 241 g/mol. The predicted molar refractivity (Wildman–Crippen MR) is 56.5 cm³/mol. The summed E-state index contributed by atoms with van der Waals surface area (Å²) in [5.74, 6) is -5.23. The van der Waals surface area contributed by atoms with Gasteiger partial charge in [-0.15, -0.1) is 0 Å². The van der Waals surface area contributed by atoms with Gasteiger partial charge in [0.05, 0.1) is 19.3 Å². The molecule has 0 saturated carbocycles. The highest BCUT2D eigenvalue weighted by atomic mass is 16.5. The van der Waals surface area contributed by atoms with Crippen LogP contribution in [0, 0.1) is 23.2 Å². The normalized spacial score (nSPS) is 13.1. The number of rotatable bonds is 6. The second-order valence-electron chi connectivity index (χ2n) is 3.20. The van der Waals surface area contributed by atoms with Crippen LogP contribution in [0.15, 0.2) is 0 Å². The van der Waals surface area contributed by atoms with E-state index in [4.69, 9.17) is 5.26 Å². The topological polar surface area (TPSA) is 93.5 Å². The minimum atomic E-state index is -1.45. The highest BCUT2D eigenvalue weighted by molar-refractivity contribution is 6.02. The maximum atomic E-state index is 11.5. The Morgan fingerprint density at radius 3 is 1.94 bits per heavy atom. The lowest BCUT2D eigenvalue weighted by Crippen LogP contribution is -2.36. The highest BCUT2D eigenvalue weighted by Crippen LogP contribution is 2.16. The highest BCUT2D eigenvalue weighted by Gasteiger charge is 2.39. The number of ether oxygens (including phenoxy) is 2. The summed E-state index contributed by atoms with van der Waals surface area (Å²) in [6.45, 7) is 4.42. The smallest absolute Gasteiger partial charge is 0.324 e. The minimum absolute atomic E-state index is 0.0730. The van der Waals surface area contributed by atoms with Crippen LogP contribution < -0.4 is 0 Å². The molecule has 6 nitrogen and oxygen atoms in total. The van der Waals surface area contributed by atoms with Gasteiger partial charge in [0.15, 0.2) is 5.92 Å². The van der Waals surface area contributed by atoms with Gasteiger partial charge in [0, 0.05) is 0 Å². The standard InChI is InChI=1S/C11H15NO5/c1-4-16-10(14)8(6-12)9(7(3)13)11(15)17-5-2/h8-9H,4-5H2,1-3H3/t8-,9+/m1/s1. The Kier molecular flexibility index (Phi) is 6.56. The molecule has 6 heteroatoms. The molecule has 0 amide bonds. The maximum absolute atomic E-state index is 11.5. The first-order chi connectivity index (χ1) is 7.99. The van der Waals surface area contributed by atoms with Crippen LogP contribution in [-0.2, 0) is 23.9 Å². The van der Waals surface area contributed by atoms with E-state index in [1.54, 1.807) is 19.9 Å². The molecule has 0 fully saturated rings. The number of carbonyl (C=O) groups excluding carboxylic acids is 3. The van der Waals surface area contributed by atoms with Gasteiger partial charge in [-0.3, -0.25) is 14.4 Å². The Morgan fingerprint density at radius 2 is 1.59 bits per heavy atom. The van der Waals surface area contributed by atoms with Crippen molar-refractivity contribution in [1.82, 2.24) is 0 Å². The van der Waals surface area contributed by atoms with Crippen LogP contribution in [0.5, 0.6) is 0 Å². The summed E-state index contributed by atoms with van der Waals surface area (Å²) < 4.78 is 9.29. The molecule has 0 aliphatic heterocycles. The van der Waals surface area contributed by atoms with Crippen LogP contribution in [0.4, 0.5) is 0 Å². The van der Waals surface area contributed by atoms with Crippen molar-refractivity contribution < 1.29 is 23.9 Å². The van der Waals surface area contributed by atoms with Crippen molar-refractivity contribution in [1.29, 1.82) is 5.26 Å². The third-order valence-electron chi connectivity index (χ3n) is 1.99. The van der Waals surface area contributed by atoms with Crippen LogP contribution in [-0.4, -0.2) is 30.9 Å². The Balaban J connectivity index is 5.02. The number of Topliss-reactive ketones (excluding diaryl/α,β-unsaturated/α-hetero) is 1. The molecule has 0 unspecified atom stereocenters. The molecule has 0 heterocycles. The van der Waals surface area contributed by atoms with Gasteiger partial charge in [0.25, 0.3) is 0 Å². The van der Waals surface area contributed by atoms with Crippen molar-refractivity contribution >= 4 is 17.7 Å². The van der Waals surface area contributed by atoms with Crippen molar-refractivity contribution in [2.24, 2.45) is 11.8 Å². The molecule has 94 valence electrons. The van der Waals surface area contributed by atoms with E-state index in [1.165, 1.54) is 0 Å². The molecule has 0 radical (unpaired) electrons. The van der Waals surface area contributed by atoms with Gasteiger partial charge in [-0.05, 0) is 20.8 Å². The number of hydrogen-bond acceptors (Lipinski definition) is 6. The van der Waals surface area contributed by atoms with E-state index in [9.17, 15) is 14.4 Å². The third kappa shape index (κ3) is 4.23. The molecule has 0 spiro atoms. The van der Waals surface area contributed by atoms with Crippen molar-refractivity contribution in [2.45, 2.75) is 20.8 Å². The Labute approximate surface area is 99.5 Å². The maximum Gasteiger partial charge on any atom is 0.324 e. The lowest BCUT2D eigenvalue weighted by Gasteiger charge is -2.16. The lowest BCUT2D eigenvalue weighted by molar-refractivity contribution is -0.160. The van der Waals surface area contributed by atoms with E-state index in [1.807, 2.05) is 0 Å². The Bertz CT molecular complexity index is 344. The summed E-state index contributed by atoms with van der Waals surface area (Å²) in [6, 6.07) is 1.61. The zero-order valence-corrected chi connectivity index (χ0v) is 10.1. The first-order valence-corrected chi connectivity index (χ1v) is 5.22. The predicted octanol–water partition coefficient (Wildman–Crippen LogP) is 0.458. The molecule has 0 aromatic rings. The zero-order chi connectivity index (χ0) is 13.4. The first kappa shape index (κ1) is 15.1. The minimum Gasteiger partial charge on any atom is -0.465 e. The molecule has 0 N–H and O–H groups in total. The van der Waals surface area contributed by atoms with E-state index < -0.39 is 29.6 Å². The Morgan fingerprint density at radius 1 is 1.12 bits per heavy atom. The number of nitriles is 1. The van der Waals surface area contributed by atoms with Crippen molar-refractivity contribution in [2.75, 3.05) is 13.2 Å². The molecule has 2 atom stereocenters. The molecule has 0 aromatic carbocycles. The summed E-state index contributed by atoms with van der Waals surface area (Å²) in [6.07, 6.45) is 0. The number of ketones is 1. The molecule has 0 aliphatic carbocycles. The molecular formula is C11H15NO5. The van der Waals surface area contributed by atoms with E-state index >= 15 is 0 Å². The number of hydrogen-bond donors (Lipinski definition) is 0. The average Bonchev–Trinajstić information content (AvgIpc) is 2.25. The van der Waals surface area contributed by atoms with Crippen LogP contribution >= 0.6 is 0 Å². The van der Waals surface area contributed by atoms with Crippen LogP contribution in [0.1, 0.15) is 20.8 Å². The van der Waals surface area contributed by atoms with Gasteiger partial charge in [0.2, 0.25) is 0 Å². The summed E-state index contributed by atoms with van der Waals surface area (Å²) in [5.41, 5.74) is 0. The fraction of sp³-hybridized carbons (Fsp3) is 0.636. The van der Waals surface area contributed by atoms with Gasteiger partial charge in [0.1, 0.15) is 11.7 Å². The summed E-state index contributed by atoms with van der Waals surface area (Å²) in [5, 5.41) is 8.85. The summed E-state index contributed by atoms with van der Waals surface area (Å²) in [4.78, 5) is 34.2. The fourth-order valence-corrected chi connectivity index (χ4v) is 1.26. The van der Waals surface area contributed by atoms with Gasteiger partial charge in [-0.2, -0.15) is 5.26 Å². The van der Waals surface area contributed by atoms with Gasteiger partial charge >= 0.3 is 11.9 Å². The van der Waals surface area contributed by atoms with Crippen LogP contribution in [0.3, 0.4) is 0 Å². The second-order valence-corrected chi connectivity index (χ2v) is 3.20. The van der Waals surface area contributed by atoms with Gasteiger partial charge < -0.3 is 9.47 Å². The quantitative estimate of drug-likeness (QED) is 0.495. The van der Waals surface area contributed by atoms with Crippen molar-refractivity contribution in [3.63, 3.8) is 0 Å². The van der Waals surface area contributed by atoms with E-state index in [0.717, 1.165) is 6.92 Å². The molecular weight excluding hydrogens is 226 g/mol. The number of carbonyl (C=O) groups is 3. The Hall–Kier alpha value is -1.90. The molecule has 0 aromatic heterocycles.